The van der Waals surface area contributed by atoms with Crippen molar-refractivity contribution in [2.75, 3.05) is 46.4 Å². The van der Waals surface area contributed by atoms with Crippen LogP contribution in [-0.4, -0.2) is 119 Å². The van der Waals surface area contributed by atoms with Crippen LogP contribution in [0.1, 0.15) is 98.8 Å². The van der Waals surface area contributed by atoms with Crippen molar-refractivity contribution >= 4 is 18.2 Å². The molecule has 0 bridgehead atoms. The van der Waals surface area contributed by atoms with Crippen molar-refractivity contribution in [1.82, 2.24) is 14.7 Å². The fourth-order valence-electron chi connectivity index (χ4n) is 6.81. The number of rotatable bonds is 9. The number of aliphatic hydroxyl groups excluding tert-OH is 1. The summed E-state index contributed by atoms with van der Waals surface area (Å²) in [4.78, 5) is 44.2. The molecule has 6 atom stereocenters. The van der Waals surface area contributed by atoms with Crippen LogP contribution in [0.2, 0.25) is 0 Å². The van der Waals surface area contributed by atoms with Gasteiger partial charge < -0.3 is 34.2 Å². The first kappa shape index (κ1) is 40.5. The van der Waals surface area contributed by atoms with E-state index in [0.29, 0.717) is 25.7 Å². The number of esters is 1. The number of amides is 2. The van der Waals surface area contributed by atoms with Gasteiger partial charge in [0.1, 0.15) is 11.7 Å². The molecule has 0 aromatic rings. The number of carbonyl (C=O) groups is 3. The molecule has 2 aliphatic heterocycles. The van der Waals surface area contributed by atoms with E-state index in [4.69, 9.17) is 14.2 Å². The Hall–Kier alpha value is -2.89. The fourth-order valence-corrected chi connectivity index (χ4v) is 6.81. The lowest BCUT2D eigenvalue weighted by Crippen LogP contribution is -2.53. The van der Waals surface area contributed by atoms with Crippen LogP contribution < -0.4 is 0 Å². The molecule has 2 N–H and O–H groups in total. The maximum atomic E-state index is 13.4. The van der Waals surface area contributed by atoms with E-state index in [0.717, 1.165) is 25.1 Å². The summed E-state index contributed by atoms with van der Waals surface area (Å²) in [6, 6.07) is 0.587. The zero-order valence-corrected chi connectivity index (χ0v) is 30.9. The van der Waals surface area contributed by atoms with Gasteiger partial charge in [0.2, 0.25) is 0 Å². The molecule has 49 heavy (non-hydrogen) atoms. The van der Waals surface area contributed by atoms with Gasteiger partial charge in [0.05, 0.1) is 19.1 Å². The second-order valence-corrected chi connectivity index (χ2v) is 14.7. The van der Waals surface area contributed by atoms with E-state index in [1.165, 1.54) is 38.5 Å². The Balaban J connectivity index is 1.68. The fraction of sp³-hybridized carbons (Fsp3) is 0.763. The Morgan fingerprint density at radius 2 is 1.80 bits per heavy atom. The van der Waals surface area contributed by atoms with Crippen LogP contribution >= 0.6 is 0 Å². The lowest BCUT2D eigenvalue weighted by atomic mass is 9.89. The number of aliphatic hydroxyl groups is 2. The molecule has 3 rings (SSSR count). The van der Waals surface area contributed by atoms with Gasteiger partial charge in [-0.2, -0.15) is 0 Å². The van der Waals surface area contributed by atoms with Crippen molar-refractivity contribution in [3.8, 4) is 0 Å². The normalized spacial score (nSPS) is 29.3. The van der Waals surface area contributed by atoms with Gasteiger partial charge in [-0.1, -0.05) is 70.8 Å². The highest BCUT2D eigenvalue weighted by Gasteiger charge is 2.37. The molecule has 11 heteroatoms. The molecule has 11 nitrogen and oxygen atoms in total. The lowest BCUT2D eigenvalue weighted by Gasteiger charge is -2.40. The van der Waals surface area contributed by atoms with E-state index < -0.39 is 36.0 Å². The summed E-state index contributed by atoms with van der Waals surface area (Å²) in [5.41, 5.74) is -0.696. The largest absolute Gasteiger partial charge is 0.457 e. The first-order valence-corrected chi connectivity index (χ1v) is 18.5. The van der Waals surface area contributed by atoms with E-state index in [1.807, 2.05) is 52.0 Å². The Labute approximate surface area is 294 Å². The molecule has 0 aromatic carbocycles. The summed E-state index contributed by atoms with van der Waals surface area (Å²) < 4.78 is 17.3. The van der Waals surface area contributed by atoms with E-state index in [9.17, 15) is 24.6 Å². The number of cyclic esters (lactones) is 1. The minimum Gasteiger partial charge on any atom is -0.457 e. The van der Waals surface area contributed by atoms with Gasteiger partial charge >= 0.3 is 18.2 Å². The summed E-state index contributed by atoms with van der Waals surface area (Å²) >= 11 is 0. The molecule has 1 saturated heterocycles. The molecule has 2 amide bonds. The number of ether oxygens (including phenoxy) is 3. The number of piperazine rings is 1. The average Bonchev–Trinajstić information content (AvgIpc) is 3.36. The zero-order valence-electron chi connectivity index (χ0n) is 30.9. The maximum Gasteiger partial charge on any atom is 0.410 e. The van der Waals surface area contributed by atoms with E-state index in [-0.39, 0.29) is 43.8 Å². The number of carbonyl (C=O) groups excluding carboxylic acids is 3. The monoisotopic (exact) mass is 689 g/mol. The number of nitrogens with zero attached hydrogens (tertiary/aromatic N) is 3. The summed E-state index contributed by atoms with van der Waals surface area (Å²) in [6.45, 7) is 13.0. The summed E-state index contributed by atoms with van der Waals surface area (Å²) in [5, 5.41) is 22.2. The topological polar surface area (TPSA) is 129 Å². The molecule has 0 unspecified atom stereocenters. The molecule has 2 fully saturated rings. The number of hydrogen-bond donors (Lipinski definition) is 2. The number of allylic oxidation sites excluding steroid dienone is 2. The minimum atomic E-state index is -1.47. The highest BCUT2D eigenvalue weighted by molar-refractivity contribution is 5.70. The summed E-state index contributed by atoms with van der Waals surface area (Å²) in [6.07, 6.45) is 14.2. The molecule has 2 heterocycles. The highest BCUT2D eigenvalue weighted by Crippen LogP contribution is 2.28. The van der Waals surface area contributed by atoms with Gasteiger partial charge in [-0.3, -0.25) is 9.69 Å². The quantitative estimate of drug-likeness (QED) is 0.101. The molecule has 0 aromatic heterocycles. The predicted molar refractivity (Wildman–Crippen MR) is 190 cm³/mol. The highest BCUT2D eigenvalue weighted by atomic mass is 16.6. The molecule has 1 saturated carbocycles. The molecular formula is C38H63N3O8. The molecule has 0 spiro atoms. The van der Waals surface area contributed by atoms with Crippen LogP contribution in [0.15, 0.2) is 36.0 Å². The third-order valence-corrected chi connectivity index (χ3v) is 10.1. The first-order chi connectivity index (χ1) is 23.3. The van der Waals surface area contributed by atoms with E-state index in [1.54, 1.807) is 29.8 Å². The first-order valence-electron chi connectivity index (χ1n) is 18.5. The van der Waals surface area contributed by atoms with Crippen molar-refractivity contribution in [1.29, 1.82) is 0 Å². The van der Waals surface area contributed by atoms with Crippen LogP contribution in [0.4, 0.5) is 9.59 Å². The summed E-state index contributed by atoms with van der Waals surface area (Å²) in [7, 11) is 1.71. The molecular weight excluding hydrogens is 626 g/mol. The predicted octanol–water partition coefficient (Wildman–Crippen LogP) is 5.85. The van der Waals surface area contributed by atoms with Crippen LogP contribution in [-0.2, 0) is 19.0 Å². The van der Waals surface area contributed by atoms with Gasteiger partial charge in [-0.25, -0.2) is 9.59 Å². The van der Waals surface area contributed by atoms with Crippen molar-refractivity contribution in [2.24, 2.45) is 11.8 Å². The lowest BCUT2D eigenvalue weighted by molar-refractivity contribution is -0.151. The van der Waals surface area contributed by atoms with Crippen molar-refractivity contribution in [2.45, 2.75) is 129 Å². The smallest absolute Gasteiger partial charge is 0.410 e. The van der Waals surface area contributed by atoms with Gasteiger partial charge in [-0.05, 0) is 57.6 Å². The third kappa shape index (κ3) is 13.4. The molecule has 1 aliphatic carbocycles. The SMILES string of the molecule is CCCN(C)C(=O)OC[C@H](C)C=CC=C(C)[C@H]1OC(=O)C[C@H](O)CC[C@@](C)(O)[C@@H](OC(=O)N2CCN(C3CCCCCC3)CC2)C=C[C@@H]1C. The van der Waals surface area contributed by atoms with E-state index in [2.05, 4.69) is 4.90 Å². The van der Waals surface area contributed by atoms with Crippen LogP contribution in [0.5, 0.6) is 0 Å². The van der Waals surface area contributed by atoms with Gasteiger partial charge in [0.25, 0.3) is 0 Å². The van der Waals surface area contributed by atoms with E-state index >= 15 is 0 Å². The summed E-state index contributed by atoms with van der Waals surface area (Å²) in [5.74, 6) is -0.901. The molecule has 3 aliphatic rings. The van der Waals surface area contributed by atoms with Crippen molar-refractivity contribution in [3.63, 3.8) is 0 Å². The van der Waals surface area contributed by atoms with Gasteiger partial charge in [-0.15, -0.1) is 0 Å². The van der Waals surface area contributed by atoms with Crippen LogP contribution in [0.3, 0.4) is 0 Å². The zero-order chi connectivity index (χ0) is 36.0. The standard InChI is InChI=1S/C38H63N3O8/c1-7-21-39(6)36(44)47-27-28(2)13-12-14-29(3)35-30(4)17-18-33(38(5,46)20-19-32(42)26-34(43)49-35)48-37(45)41-24-22-40(23-25-41)31-15-10-8-9-11-16-31/h12-14,17-18,28,30-33,35,42,46H,7-11,15-16,19-27H2,1-6H3/t28-,30+,32-,33+,35-,38-/m1/s1. The Morgan fingerprint density at radius 1 is 1.12 bits per heavy atom. The number of hydrogen-bond acceptors (Lipinski definition) is 9. The van der Waals surface area contributed by atoms with Crippen LogP contribution in [0.25, 0.3) is 0 Å². The Bertz CT molecular complexity index is 1140. The Kier molecular flexibility index (Phi) is 16.6. The van der Waals surface area contributed by atoms with Crippen molar-refractivity contribution in [3.05, 3.63) is 36.0 Å². The third-order valence-electron chi connectivity index (χ3n) is 10.1. The van der Waals surface area contributed by atoms with Crippen molar-refractivity contribution < 1.29 is 38.8 Å². The Morgan fingerprint density at radius 3 is 2.45 bits per heavy atom. The maximum absolute atomic E-state index is 13.4. The second-order valence-electron chi connectivity index (χ2n) is 14.7. The molecule has 0 radical (unpaired) electrons. The van der Waals surface area contributed by atoms with Crippen LogP contribution in [0, 0.1) is 11.8 Å². The molecule has 278 valence electrons. The van der Waals surface area contributed by atoms with Gasteiger partial charge in [0.15, 0.2) is 6.10 Å². The van der Waals surface area contributed by atoms with Gasteiger partial charge in [0, 0.05) is 57.6 Å². The second kappa shape index (κ2) is 20.1. The minimum absolute atomic E-state index is 0.0354. The average molecular weight is 690 g/mol.